The Kier molecular flexibility index (Phi) is 6.66. The molecule has 2 aromatic carbocycles. The van der Waals surface area contributed by atoms with Crippen LogP contribution in [-0.2, 0) is 9.53 Å². The first kappa shape index (κ1) is 19.9. The van der Waals surface area contributed by atoms with E-state index in [1.54, 1.807) is 48.5 Å². The summed E-state index contributed by atoms with van der Waals surface area (Å²) in [6.45, 7) is 4.99. The fourth-order valence-electron chi connectivity index (χ4n) is 2.83. The van der Waals surface area contributed by atoms with E-state index in [0.717, 1.165) is 19.4 Å². The van der Waals surface area contributed by atoms with E-state index in [9.17, 15) is 9.59 Å². The molecule has 28 heavy (non-hydrogen) atoms. The minimum Gasteiger partial charge on any atom is -0.491 e. The number of benzene rings is 2. The zero-order valence-electron chi connectivity index (χ0n) is 16.2. The number of ether oxygens (including phenoxy) is 2. The zero-order chi connectivity index (χ0) is 19.9. The van der Waals surface area contributed by atoms with Crippen LogP contribution in [0.25, 0.3) is 0 Å². The third-order valence-corrected chi connectivity index (χ3v) is 4.49. The molecule has 0 saturated carbocycles. The lowest BCUT2D eigenvalue weighted by Crippen LogP contribution is -2.18. The number of anilines is 2. The molecule has 2 amide bonds. The zero-order valence-corrected chi connectivity index (χ0v) is 16.2. The highest BCUT2D eigenvalue weighted by Crippen LogP contribution is 2.19. The minimum absolute atomic E-state index is 0.0675. The predicted molar refractivity (Wildman–Crippen MR) is 109 cm³/mol. The van der Waals surface area contributed by atoms with Gasteiger partial charge in [0.15, 0.2) is 0 Å². The van der Waals surface area contributed by atoms with Crippen molar-refractivity contribution >= 4 is 23.2 Å². The highest BCUT2D eigenvalue weighted by atomic mass is 16.5. The van der Waals surface area contributed by atoms with Gasteiger partial charge in [-0.25, -0.2) is 0 Å². The first-order valence-electron chi connectivity index (χ1n) is 9.58. The number of amides is 2. The molecule has 0 aliphatic carbocycles. The summed E-state index contributed by atoms with van der Waals surface area (Å²) >= 11 is 0. The lowest BCUT2D eigenvalue weighted by Gasteiger charge is -2.12. The molecule has 3 rings (SSSR count). The average Bonchev–Trinajstić information content (AvgIpc) is 3.20. The largest absolute Gasteiger partial charge is 0.491 e. The van der Waals surface area contributed by atoms with E-state index in [2.05, 4.69) is 10.6 Å². The number of carbonyl (C=O) groups is 2. The van der Waals surface area contributed by atoms with Gasteiger partial charge in [0, 0.05) is 29.5 Å². The van der Waals surface area contributed by atoms with E-state index in [1.807, 2.05) is 13.8 Å². The van der Waals surface area contributed by atoms with Crippen LogP contribution in [-0.4, -0.2) is 31.1 Å². The summed E-state index contributed by atoms with van der Waals surface area (Å²) in [5.41, 5.74) is 1.79. The van der Waals surface area contributed by atoms with Gasteiger partial charge in [0.25, 0.3) is 5.91 Å². The van der Waals surface area contributed by atoms with Crippen LogP contribution in [0.4, 0.5) is 11.4 Å². The van der Waals surface area contributed by atoms with Gasteiger partial charge in [-0.1, -0.05) is 19.9 Å². The van der Waals surface area contributed by atoms with E-state index in [1.165, 1.54) is 0 Å². The fourth-order valence-corrected chi connectivity index (χ4v) is 2.83. The highest BCUT2D eigenvalue weighted by Gasteiger charge is 2.16. The molecule has 0 bridgehead atoms. The van der Waals surface area contributed by atoms with E-state index in [4.69, 9.17) is 9.47 Å². The molecule has 0 spiro atoms. The number of hydrogen-bond acceptors (Lipinski definition) is 4. The van der Waals surface area contributed by atoms with Gasteiger partial charge in [0.05, 0.1) is 6.10 Å². The number of rotatable bonds is 7. The molecule has 6 nitrogen and oxygen atoms in total. The smallest absolute Gasteiger partial charge is 0.255 e. The molecule has 1 aliphatic rings. The van der Waals surface area contributed by atoms with Gasteiger partial charge >= 0.3 is 0 Å². The molecule has 1 aliphatic heterocycles. The third-order valence-electron chi connectivity index (χ3n) is 4.49. The quantitative estimate of drug-likeness (QED) is 0.756. The van der Waals surface area contributed by atoms with Gasteiger partial charge in [-0.05, 0) is 55.3 Å². The Balaban J connectivity index is 1.56. The Bertz CT molecular complexity index is 812. The number of nitrogens with one attached hydrogen (secondary N) is 2. The Morgan fingerprint density at radius 3 is 2.46 bits per heavy atom. The van der Waals surface area contributed by atoms with Crippen molar-refractivity contribution in [1.29, 1.82) is 0 Å². The standard InChI is InChI=1S/C22H26N2O4/c1-15(2)21(25)23-17-5-3-6-18(13-17)24-22(26)16-8-10-19(11-9-16)28-14-20-7-4-12-27-20/h3,5-6,8-11,13,15,20H,4,7,12,14H2,1-2H3,(H,23,25)(H,24,26)/t20-/m0/s1. The summed E-state index contributed by atoms with van der Waals surface area (Å²) in [4.78, 5) is 24.3. The van der Waals surface area contributed by atoms with Gasteiger partial charge in [0.1, 0.15) is 12.4 Å². The Morgan fingerprint density at radius 1 is 1.11 bits per heavy atom. The molecule has 1 saturated heterocycles. The van der Waals surface area contributed by atoms with Gasteiger partial charge in [-0.15, -0.1) is 0 Å². The molecule has 1 heterocycles. The second kappa shape index (κ2) is 9.37. The van der Waals surface area contributed by atoms with Crippen molar-refractivity contribution in [2.75, 3.05) is 23.8 Å². The van der Waals surface area contributed by atoms with Gasteiger partial charge < -0.3 is 20.1 Å². The van der Waals surface area contributed by atoms with Gasteiger partial charge in [-0.3, -0.25) is 9.59 Å². The number of hydrogen-bond donors (Lipinski definition) is 2. The van der Waals surface area contributed by atoms with Crippen molar-refractivity contribution < 1.29 is 19.1 Å². The van der Waals surface area contributed by atoms with Gasteiger partial charge in [-0.2, -0.15) is 0 Å². The van der Waals surface area contributed by atoms with Crippen LogP contribution in [0.15, 0.2) is 48.5 Å². The summed E-state index contributed by atoms with van der Waals surface area (Å²) in [6.07, 6.45) is 2.26. The van der Waals surface area contributed by atoms with E-state index < -0.39 is 0 Å². The highest BCUT2D eigenvalue weighted by molar-refractivity contribution is 6.04. The van der Waals surface area contributed by atoms with Crippen molar-refractivity contribution in [2.45, 2.75) is 32.8 Å². The van der Waals surface area contributed by atoms with E-state index in [-0.39, 0.29) is 23.8 Å². The Morgan fingerprint density at radius 2 is 1.82 bits per heavy atom. The summed E-state index contributed by atoms with van der Waals surface area (Å²) in [6, 6.07) is 14.1. The van der Waals surface area contributed by atoms with E-state index >= 15 is 0 Å². The fraction of sp³-hybridized carbons (Fsp3) is 0.364. The van der Waals surface area contributed by atoms with Crippen LogP contribution in [0.3, 0.4) is 0 Å². The number of carbonyl (C=O) groups excluding carboxylic acids is 2. The molecule has 0 aromatic heterocycles. The summed E-state index contributed by atoms with van der Waals surface area (Å²) in [7, 11) is 0. The molecule has 1 atom stereocenters. The van der Waals surface area contributed by atoms with Crippen molar-refractivity contribution in [2.24, 2.45) is 5.92 Å². The maximum atomic E-state index is 12.5. The SMILES string of the molecule is CC(C)C(=O)Nc1cccc(NC(=O)c2ccc(OC[C@@H]3CCCO3)cc2)c1. The summed E-state index contributed by atoms with van der Waals surface area (Å²) < 4.78 is 11.3. The van der Waals surface area contributed by atoms with Crippen LogP contribution < -0.4 is 15.4 Å². The molecule has 1 fully saturated rings. The second-order valence-electron chi connectivity index (χ2n) is 7.15. The topological polar surface area (TPSA) is 76.7 Å². The van der Waals surface area contributed by atoms with Crippen molar-refractivity contribution in [3.63, 3.8) is 0 Å². The molecule has 2 aromatic rings. The lowest BCUT2D eigenvalue weighted by atomic mass is 10.2. The van der Waals surface area contributed by atoms with Crippen LogP contribution in [0.1, 0.15) is 37.0 Å². The average molecular weight is 382 g/mol. The Hall–Kier alpha value is -2.86. The summed E-state index contributed by atoms with van der Waals surface area (Å²) in [5, 5.41) is 5.67. The maximum Gasteiger partial charge on any atom is 0.255 e. The molecule has 0 radical (unpaired) electrons. The predicted octanol–water partition coefficient (Wildman–Crippen LogP) is 4.09. The normalized spacial score (nSPS) is 16.0. The molecule has 2 N–H and O–H groups in total. The molecular formula is C22H26N2O4. The third kappa shape index (κ3) is 5.57. The molecular weight excluding hydrogens is 356 g/mol. The minimum atomic E-state index is -0.224. The molecule has 6 heteroatoms. The van der Waals surface area contributed by atoms with Crippen LogP contribution >= 0.6 is 0 Å². The van der Waals surface area contributed by atoms with Crippen molar-refractivity contribution in [1.82, 2.24) is 0 Å². The van der Waals surface area contributed by atoms with Crippen LogP contribution in [0.2, 0.25) is 0 Å². The van der Waals surface area contributed by atoms with E-state index in [0.29, 0.717) is 29.3 Å². The summed E-state index contributed by atoms with van der Waals surface area (Å²) in [5.74, 6) is 0.310. The maximum absolute atomic E-state index is 12.5. The van der Waals surface area contributed by atoms with Gasteiger partial charge in [0.2, 0.25) is 5.91 Å². The van der Waals surface area contributed by atoms with Crippen molar-refractivity contribution in [3.8, 4) is 5.75 Å². The first-order chi connectivity index (χ1) is 13.5. The molecule has 148 valence electrons. The van der Waals surface area contributed by atoms with Crippen molar-refractivity contribution in [3.05, 3.63) is 54.1 Å². The second-order valence-corrected chi connectivity index (χ2v) is 7.15. The Labute approximate surface area is 165 Å². The lowest BCUT2D eigenvalue weighted by molar-refractivity contribution is -0.118. The van der Waals surface area contributed by atoms with Crippen LogP contribution in [0, 0.1) is 5.92 Å². The first-order valence-corrected chi connectivity index (χ1v) is 9.58. The monoisotopic (exact) mass is 382 g/mol. The van der Waals surface area contributed by atoms with Crippen LogP contribution in [0.5, 0.6) is 5.75 Å². The molecule has 0 unspecified atom stereocenters.